The fourth-order valence-corrected chi connectivity index (χ4v) is 3.06. The van der Waals surface area contributed by atoms with Crippen LogP contribution in [0.4, 0.5) is 5.69 Å². The van der Waals surface area contributed by atoms with Crippen molar-refractivity contribution in [1.82, 2.24) is 10.2 Å². The molecule has 1 aliphatic heterocycles. The molecule has 6 heteroatoms. The lowest BCUT2D eigenvalue weighted by Gasteiger charge is -2.22. The van der Waals surface area contributed by atoms with Gasteiger partial charge in [0.2, 0.25) is 0 Å². The second kappa shape index (κ2) is 7.67. The fourth-order valence-electron chi connectivity index (χ4n) is 3.06. The minimum atomic E-state index is -0.417. The predicted octanol–water partition coefficient (Wildman–Crippen LogP) is 2.01. The van der Waals surface area contributed by atoms with Gasteiger partial charge in [-0.25, -0.2) is 0 Å². The lowest BCUT2D eigenvalue weighted by atomic mass is 10.0. The SMILES string of the molecule is Cc1c(C(C)NCC(O)CN2CCCC2)cccc1[N+](=O)[O-]. The summed E-state index contributed by atoms with van der Waals surface area (Å²) < 4.78 is 0. The highest BCUT2D eigenvalue weighted by molar-refractivity contribution is 5.45. The number of aliphatic hydroxyl groups excluding tert-OH is 1. The summed E-state index contributed by atoms with van der Waals surface area (Å²) in [6, 6.07) is 5.09. The number of hydrogen-bond donors (Lipinski definition) is 2. The zero-order valence-corrected chi connectivity index (χ0v) is 13.3. The van der Waals surface area contributed by atoms with Gasteiger partial charge in [0.1, 0.15) is 0 Å². The van der Waals surface area contributed by atoms with Crippen LogP contribution < -0.4 is 5.32 Å². The summed E-state index contributed by atoms with van der Waals surface area (Å²) in [6.07, 6.45) is 2.01. The Morgan fingerprint density at radius 1 is 1.41 bits per heavy atom. The Bertz CT molecular complexity index is 515. The molecule has 2 unspecified atom stereocenters. The van der Waals surface area contributed by atoms with Crippen molar-refractivity contribution in [3.63, 3.8) is 0 Å². The summed E-state index contributed by atoms with van der Waals surface area (Å²) in [5, 5.41) is 24.4. The summed E-state index contributed by atoms with van der Waals surface area (Å²) in [4.78, 5) is 12.9. The number of nitro benzene ring substituents is 1. The molecule has 0 spiro atoms. The maximum atomic E-state index is 11.0. The van der Waals surface area contributed by atoms with Crippen LogP contribution in [0.2, 0.25) is 0 Å². The molecular formula is C16H25N3O3. The van der Waals surface area contributed by atoms with Crippen molar-refractivity contribution in [2.24, 2.45) is 0 Å². The van der Waals surface area contributed by atoms with E-state index in [1.165, 1.54) is 18.9 Å². The lowest BCUT2D eigenvalue weighted by Crippen LogP contribution is -2.38. The molecule has 0 radical (unpaired) electrons. The van der Waals surface area contributed by atoms with Gasteiger partial charge >= 0.3 is 0 Å². The quantitative estimate of drug-likeness (QED) is 0.595. The van der Waals surface area contributed by atoms with Gasteiger partial charge in [0.05, 0.1) is 11.0 Å². The standard InChI is InChI=1S/C16H25N3O3/c1-12-15(6-5-7-16(12)19(21)22)13(2)17-10-14(20)11-18-8-3-4-9-18/h5-7,13-14,17,20H,3-4,8-11H2,1-2H3. The van der Waals surface area contributed by atoms with E-state index in [0.29, 0.717) is 18.7 Å². The molecule has 1 saturated heterocycles. The third-order valence-corrected chi connectivity index (χ3v) is 4.34. The van der Waals surface area contributed by atoms with Crippen LogP contribution in [0.3, 0.4) is 0 Å². The first kappa shape index (κ1) is 16.9. The number of aliphatic hydroxyl groups is 1. The van der Waals surface area contributed by atoms with E-state index in [9.17, 15) is 15.2 Å². The van der Waals surface area contributed by atoms with E-state index in [1.807, 2.05) is 13.0 Å². The number of β-amino-alcohol motifs (C(OH)–C–C–N with tert-alkyl or cyclic N) is 1. The van der Waals surface area contributed by atoms with Crippen molar-refractivity contribution < 1.29 is 10.0 Å². The van der Waals surface area contributed by atoms with Crippen LogP contribution in [0, 0.1) is 17.0 Å². The number of benzene rings is 1. The Labute approximate surface area is 131 Å². The van der Waals surface area contributed by atoms with E-state index in [4.69, 9.17) is 0 Å². The molecule has 0 aliphatic carbocycles. The Hall–Kier alpha value is -1.50. The number of nitrogens with one attached hydrogen (secondary N) is 1. The fraction of sp³-hybridized carbons (Fsp3) is 0.625. The Kier molecular flexibility index (Phi) is 5.88. The molecule has 0 aromatic heterocycles. The normalized spacial score (nSPS) is 18.3. The van der Waals surface area contributed by atoms with E-state index in [0.717, 1.165) is 18.7 Å². The average Bonchev–Trinajstić information content (AvgIpc) is 2.97. The molecule has 2 atom stereocenters. The number of likely N-dealkylation sites (tertiary alicyclic amines) is 1. The highest BCUT2D eigenvalue weighted by Gasteiger charge is 2.19. The van der Waals surface area contributed by atoms with Crippen LogP contribution in [0.1, 0.15) is 36.9 Å². The van der Waals surface area contributed by atoms with Gasteiger partial charge in [-0.2, -0.15) is 0 Å². The Morgan fingerprint density at radius 3 is 2.73 bits per heavy atom. The maximum absolute atomic E-state index is 11.0. The van der Waals surface area contributed by atoms with Crippen molar-refractivity contribution >= 4 is 5.69 Å². The zero-order valence-electron chi connectivity index (χ0n) is 13.3. The van der Waals surface area contributed by atoms with Gasteiger partial charge < -0.3 is 15.3 Å². The van der Waals surface area contributed by atoms with Crippen molar-refractivity contribution in [2.45, 2.75) is 38.8 Å². The van der Waals surface area contributed by atoms with E-state index in [2.05, 4.69) is 10.2 Å². The Balaban J connectivity index is 1.90. The van der Waals surface area contributed by atoms with E-state index in [-0.39, 0.29) is 16.7 Å². The molecule has 0 bridgehead atoms. The molecule has 0 saturated carbocycles. The first-order chi connectivity index (χ1) is 10.5. The first-order valence-corrected chi connectivity index (χ1v) is 7.86. The summed E-state index contributed by atoms with van der Waals surface area (Å²) in [5.41, 5.74) is 1.73. The van der Waals surface area contributed by atoms with Gasteiger partial charge in [0.15, 0.2) is 0 Å². The molecule has 1 aromatic carbocycles. The van der Waals surface area contributed by atoms with Crippen molar-refractivity contribution in [3.8, 4) is 0 Å². The van der Waals surface area contributed by atoms with Gasteiger partial charge in [0, 0.05) is 30.8 Å². The molecule has 122 valence electrons. The Morgan fingerprint density at radius 2 is 2.09 bits per heavy atom. The van der Waals surface area contributed by atoms with Gasteiger partial charge in [-0.1, -0.05) is 12.1 Å². The smallest absolute Gasteiger partial charge is 0.272 e. The van der Waals surface area contributed by atoms with Crippen LogP contribution in [0.15, 0.2) is 18.2 Å². The number of rotatable bonds is 7. The van der Waals surface area contributed by atoms with E-state index >= 15 is 0 Å². The monoisotopic (exact) mass is 307 g/mol. The first-order valence-electron chi connectivity index (χ1n) is 7.86. The van der Waals surface area contributed by atoms with Crippen molar-refractivity contribution in [1.29, 1.82) is 0 Å². The van der Waals surface area contributed by atoms with Crippen LogP contribution >= 0.6 is 0 Å². The van der Waals surface area contributed by atoms with Gasteiger partial charge in [-0.3, -0.25) is 10.1 Å². The number of nitro groups is 1. The highest BCUT2D eigenvalue weighted by atomic mass is 16.6. The largest absolute Gasteiger partial charge is 0.390 e. The number of nitrogens with zero attached hydrogens (tertiary/aromatic N) is 2. The molecule has 6 nitrogen and oxygen atoms in total. The van der Waals surface area contributed by atoms with Crippen molar-refractivity contribution in [3.05, 3.63) is 39.4 Å². The molecule has 1 fully saturated rings. The van der Waals surface area contributed by atoms with Gasteiger partial charge in [-0.05, 0) is 45.3 Å². The van der Waals surface area contributed by atoms with Crippen molar-refractivity contribution in [2.75, 3.05) is 26.2 Å². The van der Waals surface area contributed by atoms with Crippen LogP contribution in [-0.2, 0) is 0 Å². The zero-order chi connectivity index (χ0) is 16.1. The second-order valence-corrected chi connectivity index (χ2v) is 6.04. The molecule has 2 N–H and O–H groups in total. The molecule has 0 amide bonds. The van der Waals surface area contributed by atoms with E-state index < -0.39 is 6.10 Å². The highest BCUT2D eigenvalue weighted by Crippen LogP contribution is 2.25. The second-order valence-electron chi connectivity index (χ2n) is 6.04. The molecular weight excluding hydrogens is 282 g/mol. The van der Waals surface area contributed by atoms with Gasteiger partial charge in [0.25, 0.3) is 5.69 Å². The average molecular weight is 307 g/mol. The topological polar surface area (TPSA) is 78.6 Å². The number of hydrogen-bond acceptors (Lipinski definition) is 5. The van der Waals surface area contributed by atoms with Crippen LogP contribution in [0.25, 0.3) is 0 Å². The predicted molar refractivity (Wildman–Crippen MR) is 85.9 cm³/mol. The van der Waals surface area contributed by atoms with Crippen LogP contribution in [0.5, 0.6) is 0 Å². The lowest BCUT2D eigenvalue weighted by molar-refractivity contribution is -0.385. The molecule has 1 heterocycles. The van der Waals surface area contributed by atoms with Crippen LogP contribution in [-0.4, -0.2) is 47.2 Å². The maximum Gasteiger partial charge on any atom is 0.272 e. The molecule has 2 rings (SSSR count). The summed E-state index contributed by atoms with van der Waals surface area (Å²) in [5.74, 6) is 0. The van der Waals surface area contributed by atoms with Gasteiger partial charge in [-0.15, -0.1) is 0 Å². The summed E-state index contributed by atoms with van der Waals surface area (Å²) >= 11 is 0. The summed E-state index contributed by atoms with van der Waals surface area (Å²) in [6.45, 7) is 7.04. The minimum Gasteiger partial charge on any atom is -0.390 e. The molecule has 22 heavy (non-hydrogen) atoms. The molecule has 1 aliphatic rings. The molecule has 1 aromatic rings. The van der Waals surface area contributed by atoms with E-state index in [1.54, 1.807) is 13.0 Å². The minimum absolute atomic E-state index is 0.0341. The third kappa shape index (κ3) is 4.25. The third-order valence-electron chi connectivity index (χ3n) is 4.34. The summed E-state index contributed by atoms with van der Waals surface area (Å²) in [7, 11) is 0.